The van der Waals surface area contributed by atoms with Gasteiger partial charge in [-0.2, -0.15) is 0 Å². The minimum Gasteiger partial charge on any atom is -0.480 e. The lowest BCUT2D eigenvalue weighted by atomic mass is 9.98. The fraction of sp³-hybridized carbons (Fsp3) is 0.304. The van der Waals surface area contributed by atoms with Crippen LogP contribution in [0.4, 0.5) is 4.79 Å². The van der Waals surface area contributed by atoms with E-state index in [9.17, 15) is 24.3 Å². The summed E-state index contributed by atoms with van der Waals surface area (Å²) in [5, 5.41) is 24.9. The summed E-state index contributed by atoms with van der Waals surface area (Å²) < 4.78 is 5.32. The number of amides is 3. The Morgan fingerprint density at radius 1 is 0.909 bits per heavy atom. The molecule has 5 N–H and O–H groups in total. The molecule has 2 aromatic carbocycles. The van der Waals surface area contributed by atoms with E-state index in [0.717, 1.165) is 22.3 Å². The van der Waals surface area contributed by atoms with Gasteiger partial charge in [-0.3, -0.25) is 9.59 Å². The molecule has 174 valence electrons. The van der Waals surface area contributed by atoms with Crippen LogP contribution in [0.15, 0.2) is 48.5 Å². The molecule has 0 fully saturated rings. The number of rotatable bonds is 9. The number of hydrogen-bond acceptors (Lipinski definition) is 6. The van der Waals surface area contributed by atoms with E-state index in [2.05, 4.69) is 16.0 Å². The highest BCUT2D eigenvalue weighted by Gasteiger charge is 2.29. The first-order valence-electron chi connectivity index (χ1n) is 10.3. The first kappa shape index (κ1) is 23.7. The van der Waals surface area contributed by atoms with Gasteiger partial charge in [-0.1, -0.05) is 48.5 Å². The van der Waals surface area contributed by atoms with Crippen LogP contribution in [0.2, 0.25) is 0 Å². The van der Waals surface area contributed by atoms with E-state index >= 15 is 0 Å². The average molecular weight is 455 g/mol. The number of alkyl carbamates (subject to hydrolysis) is 1. The van der Waals surface area contributed by atoms with E-state index in [1.165, 1.54) is 6.92 Å². The highest BCUT2D eigenvalue weighted by atomic mass is 16.5. The van der Waals surface area contributed by atoms with Crippen LogP contribution in [0.5, 0.6) is 0 Å². The molecule has 2 aromatic rings. The van der Waals surface area contributed by atoms with Crippen molar-refractivity contribution in [2.75, 3.05) is 19.7 Å². The molecule has 0 unspecified atom stereocenters. The van der Waals surface area contributed by atoms with Crippen molar-refractivity contribution in [3.63, 3.8) is 0 Å². The van der Waals surface area contributed by atoms with E-state index in [-0.39, 0.29) is 12.5 Å². The van der Waals surface area contributed by atoms with Crippen LogP contribution in [0.25, 0.3) is 11.1 Å². The van der Waals surface area contributed by atoms with Gasteiger partial charge in [-0.15, -0.1) is 0 Å². The maximum atomic E-state index is 12.1. The predicted octanol–water partition coefficient (Wildman–Crippen LogP) is 0.592. The molecule has 1 aliphatic rings. The molecule has 3 rings (SSSR count). The predicted molar refractivity (Wildman–Crippen MR) is 117 cm³/mol. The second-order valence-electron chi connectivity index (χ2n) is 7.58. The van der Waals surface area contributed by atoms with Crippen molar-refractivity contribution >= 4 is 23.9 Å². The van der Waals surface area contributed by atoms with Gasteiger partial charge >= 0.3 is 12.1 Å². The zero-order valence-electron chi connectivity index (χ0n) is 17.9. The molecule has 33 heavy (non-hydrogen) atoms. The van der Waals surface area contributed by atoms with Gasteiger partial charge in [-0.25, -0.2) is 9.59 Å². The molecular formula is C23H25N3O7. The number of aliphatic hydroxyl groups excluding tert-OH is 1. The molecule has 0 saturated heterocycles. The van der Waals surface area contributed by atoms with Crippen molar-refractivity contribution in [1.82, 2.24) is 16.0 Å². The summed E-state index contributed by atoms with van der Waals surface area (Å²) in [6.07, 6.45) is -2.09. The Bertz CT molecular complexity index is 1010. The largest absolute Gasteiger partial charge is 0.480 e. The van der Waals surface area contributed by atoms with Crippen LogP contribution in [-0.4, -0.2) is 65.9 Å². The quantitative estimate of drug-likeness (QED) is 0.371. The molecule has 0 aromatic heterocycles. The summed E-state index contributed by atoms with van der Waals surface area (Å²) in [5.74, 6) is -2.97. The Balaban J connectivity index is 1.43. The highest BCUT2D eigenvalue weighted by molar-refractivity contribution is 5.89. The summed E-state index contributed by atoms with van der Waals surface area (Å²) in [5.41, 5.74) is 4.32. The number of carboxylic acids is 1. The van der Waals surface area contributed by atoms with Gasteiger partial charge in [0.05, 0.1) is 12.6 Å². The number of nitrogens with one attached hydrogen (secondary N) is 3. The van der Waals surface area contributed by atoms with Crippen molar-refractivity contribution in [3.05, 3.63) is 59.7 Å². The van der Waals surface area contributed by atoms with Crippen molar-refractivity contribution in [2.45, 2.75) is 25.0 Å². The van der Waals surface area contributed by atoms with Crippen LogP contribution < -0.4 is 16.0 Å². The summed E-state index contributed by atoms with van der Waals surface area (Å²) in [6, 6.07) is 14.3. The normalized spacial score (nSPS) is 13.8. The Hall–Kier alpha value is -3.92. The van der Waals surface area contributed by atoms with E-state index in [1.54, 1.807) is 0 Å². The Morgan fingerprint density at radius 2 is 1.45 bits per heavy atom. The van der Waals surface area contributed by atoms with Gasteiger partial charge in [0.2, 0.25) is 11.8 Å². The van der Waals surface area contributed by atoms with Gasteiger partial charge in [0, 0.05) is 5.92 Å². The number of ether oxygens (including phenoxy) is 1. The number of aliphatic carboxylic acids is 1. The average Bonchev–Trinajstić information content (AvgIpc) is 3.11. The Labute approximate surface area is 189 Å². The van der Waals surface area contributed by atoms with Crippen LogP contribution in [0.1, 0.15) is 24.0 Å². The van der Waals surface area contributed by atoms with Gasteiger partial charge in [0.25, 0.3) is 0 Å². The minimum absolute atomic E-state index is 0.0970. The van der Waals surface area contributed by atoms with E-state index in [4.69, 9.17) is 9.84 Å². The third kappa shape index (κ3) is 5.86. The molecule has 0 bridgehead atoms. The van der Waals surface area contributed by atoms with Gasteiger partial charge in [0.15, 0.2) is 6.04 Å². The molecule has 2 atom stereocenters. The third-order valence-electron chi connectivity index (χ3n) is 5.25. The lowest BCUT2D eigenvalue weighted by molar-refractivity contribution is -0.144. The van der Waals surface area contributed by atoms with Crippen molar-refractivity contribution in [2.24, 2.45) is 0 Å². The summed E-state index contributed by atoms with van der Waals surface area (Å²) >= 11 is 0. The second kappa shape index (κ2) is 10.6. The van der Waals surface area contributed by atoms with Crippen molar-refractivity contribution < 1.29 is 34.1 Å². The summed E-state index contributed by atoms with van der Waals surface area (Å²) in [6.45, 7) is 0.375. The lowest BCUT2D eigenvalue weighted by Gasteiger charge is -2.17. The van der Waals surface area contributed by atoms with E-state index < -0.39 is 49.1 Å². The smallest absolute Gasteiger partial charge is 0.407 e. The maximum Gasteiger partial charge on any atom is 0.407 e. The molecule has 0 saturated carbocycles. The molecule has 10 nitrogen and oxygen atoms in total. The maximum absolute atomic E-state index is 12.1. The standard InChI is InChI=1S/C23H25N3O7/c1-13(27)21(22(30)31)26-20(29)11-24-19(28)10-25-23(32)33-12-18-16-8-4-2-6-14(16)15-7-3-5-9-17(15)18/h2-9,13,18,21,27H,10-12H2,1H3,(H,24,28)(H,25,32)(H,26,29)(H,30,31)/t13-,21+/m1/s1. The number of carboxylic acid groups (broad SMARTS) is 1. The summed E-state index contributed by atoms with van der Waals surface area (Å²) in [4.78, 5) is 46.6. The zero-order valence-corrected chi connectivity index (χ0v) is 17.9. The second-order valence-corrected chi connectivity index (χ2v) is 7.58. The van der Waals surface area contributed by atoms with Crippen molar-refractivity contribution in [1.29, 1.82) is 0 Å². The first-order chi connectivity index (χ1) is 15.8. The highest BCUT2D eigenvalue weighted by Crippen LogP contribution is 2.44. The Kier molecular flexibility index (Phi) is 7.62. The first-order valence-corrected chi connectivity index (χ1v) is 10.3. The van der Waals surface area contributed by atoms with Gasteiger partial charge in [0.1, 0.15) is 13.2 Å². The number of benzene rings is 2. The molecule has 0 heterocycles. The van der Waals surface area contributed by atoms with E-state index in [0.29, 0.717) is 0 Å². The number of hydrogen-bond donors (Lipinski definition) is 5. The molecule has 1 aliphatic carbocycles. The number of fused-ring (bicyclic) bond motifs is 3. The fourth-order valence-corrected chi connectivity index (χ4v) is 3.66. The number of aliphatic hydroxyl groups is 1. The number of carbonyl (C=O) groups is 4. The molecule has 10 heteroatoms. The topological polar surface area (TPSA) is 154 Å². The van der Waals surface area contributed by atoms with Crippen molar-refractivity contribution in [3.8, 4) is 11.1 Å². The van der Waals surface area contributed by atoms with Gasteiger partial charge < -0.3 is 30.9 Å². The minimum atomic E-state index is -1.49. The SMILES string of the molecule is C[C@@H](O)[C@H](NC(=O)CNC(=O)CNC(=O)OCC1c2ccccc2-c2ccccc21)C(=O)O. The van der Waals surface area contributed by atoms with E-state index in [1.807, 2.05) is 48.5 Å². The fourth-order valence-electron chi connectivity index (χ4n) is 3.66. The molecule has 0 radical (unpaired) electrons. The van der Waals surface area contributed by atoms with Crippen LogP contribution in [-0.2, 0) is 19.1 Å². The monoisotopic (exact) mass is 455 g/mol. The third-order valence-corrected chi connectivity index (χ3v) is 5.25. The zero-order chi connectivity index (χ0) is 24.0. The van der Waals surface area contributed by atoms with Crippen LogP contribution in [0, 0.1) is 0 Å². The number of carbonyl (C=O) groups excluding carboxylic acids is 3. The molecular weight excluding hydrogens is 430 g/mol. The molecule has 0 aliphatic heterocycles. The summed E-state index contributed by atoms with van der Waals surface area (Å²) in [7, 11) is 0. The van der Waals surface area contributed by atoms with Crippen LogP contribution in [0.3, 0.4) is 0 Å². The molecule has 0 spiro atoms. The Morgan fingerprint density at radius 3 is 2.00 bits per heavy atom. The van der Waals surface area contributed by atoms with Crippen LogP contribution >= 0.6 is 0 Å². The lowest BCUT2D eigenvalue weighted by Crippen LogP contribution is -2.51. The van der Waals surface area contributed by atoms with Gasteiger partial charge in [-0.05, 0) is 29.2 Å². The molecule has 3 amide bonds.